The molecular formula is C23H23N3O4. The number of H-pyrrole nitrogens is 1. The molecule has 2 aromatic carbocycles. The van der Waals surface area contributed by atoms with E-state index >= 15 is 0 Å². The monoisotopic (exact) mass is 405 g/mol. The molecule has 4 rings (SSSR count). The lowest BCUT2D eigenvalue weighted by Crippen LogP contribution is -2.27. The molecule has 3 aromatic rings. The van der Waals surface area contributed by atoms with Crippen molar-refractivity contribution < 1.29 is 14.7 Å². The van der Waals surface area contributed by atoms with Crippen molar-refractivity contribution in [3.8, 4) is 11.3 Å². The van der Waals surface area contributed by atoms with Crippen LogP contribution >= 0.6 is 0 Å². The average molecular weight is 405 g/mol. The van der Waals surface area contributed by atoms with Gasteiger partial charge in [-0.05, 0) is 36.5 Å². The summed E-state index contributed by atoms with van der Waals surface area (Å²) in [6.45, 7) is 0. The molecule has 1 saturated carbocycles. The fourth-order valence-corrected chi connectivity index (χ4v) is 4.46. The molecule has 7 heteroatoms. The summed E-state index contributed by atoms with van der Waals surface area (Å²) in [5.41, 5.74) is 1.67. The van der Waals surface area contributed by atoms with Gasteiger partial charge in [-0.3, -0.25) is 9.59 Å². The van der Waals surface area contributed by atoms with Gasteiger partial charge in [-0.15, -0.1) is 0 Å². The van der Waals surface area contributed by atoms with Gasteiger partial charge in [0.1, 0.15) is 0 Å². The summed E-state index contributed by atoms with van der Waals surface area (Å²) < 4.78 is 0. The Kier molecular flexibility index (Phi) is 5.35. The molecule has 7 nitrogen and oxygen atoms in total. The molecule has 1 amide bonds. The van der Waals surface area contributed by atoms with Crippen LogP contribution in [0.25, 0.3) is 22.2 Å². The maximum atomic E-state index is 12.7. The summed E-state index contributed by atoms with van der Waals surface area (Å²) in [6, 6.07) is 14.6. The van der Waals surface area contributed by atoms with Crippen molar-refractivity contribution in [1.29, 1.82) is 0 Å². The van der Waals surface area contributed by atoms with E-state index in [0.717, 1.165) is 36.6 Å². The Morgan fingerprint density at radius 1 is 1.07 bits per heavy atom. The molecule has 0 aliphatic heterocycles. The van der Waals surface area contributed by atoms with Crippen molar-refractivity contribution in [2.45, 2.75) is 38.5 Å². The first kappa shape index (κ1) is 19.8. The Bertz CT molecular complexity index is 1150. The van der Waals surface area contributed by atoms with Crippen LogP contribution in [0.4, 0.5) is 5.69 Å². The van der Waals surface area contributed by atoms with E-state index in [4.69, 9.17) is 0 Å². The number of fused-ring (bicyclic) bond motifs is 1. The van der Waals surface area contributed by atoms with Crippen molar-refractivity contribution in [2.75, 3.05) is 5.32 Å². The third-order valence-electron chi connectivity index (χ3n) is 5.79. The van der Waals surface area contributed by atoms with Crippen molar-refractivity contribution in [3.05, 3.63) is 59.0 Å². The molecule has 1 aliphatic carbocycles. The number of benzene rings is 2. The van der Waals surface area contributed by atoms with Crippen LogP contribution in [-0.2, 0) is 9.59 Å². The van der Waals surface area contributed by atoms with Crippen LogP contribution in [0.1, 0.15) is 38.5 Å². The van der Waals surface area contributed by atoms with Gasteiger partial charge < -0.3 is 15.4 Å². The van der Waals surface area contributed by atoms with Crippen LogP contribution < -0.4 is 11.0 Å². The van der Waals surface area contributed by atoms with Crippen LogP contribution in [0.5, 0.6) is 0 Å². The third-order valence-corrected chi connectivity index (χ3v) is 5.79. The van der Waals surface area contributed by atoms with E-state index in [1.165, 1.54) is 0 Å². The second kappa shape index (κ2) is 8.10. The van der Waals surface area contributed by atoms with E-state index in [1.54, 1.807) is 18.2 Å². The van der Waals surface area contributed by atoms with E-state index in [1.807, 2.05) is 30.3 Å². The van der Waals surface area contributed by atoms with Gasteiger partial charge in [0.2, 0.25) is 5.91 Å². The number of aliphatic carboxylic acids is 1. The Morgan fingerprint density at radius 3 is 2.50 bits per heavy atom. The first-order valence-corrected chi connectivity index (χ1v) is 10.1. The molecule has 3 N–H and O–H groups in total. The smallest absolute Gasteiger partial charge is 0.345 e. The fourth-order valence-electron chi connectivity index (χ4n) is 4.46. The number of carboxylic acid groups (broad SMARTS) is 1. The van der Waals surface area contributed by atoms with Crippen LogP contribution in [0.15, 0.2) is 53.3 Å². The molecule has 0 bridgehead atoms. The minimum atomic E-state index is -0.863. The summed E-state index contributed by atoms with van der Waals surface area (Å²) in [4.78, 5) is 42.8. The second-order valence-corrected chi connectivity index (χ2v) is 8.02. The standard InChI is InChI=1S/C23H23N3O4/c27-19(13-23(14-20(28)29)10-4-5-11-23)24-16-8-9-18-17(12-16)21(26-22(30)25-18)15-6-2-1-3-7-15/h1-3,6-9,12H,4-5,10-11,13-14H2,(H,24,27)(H,28,29)(H,25,26,30). The first-order chi connectivity index (χ1) is 14.4. The number of hydrogen-bond donors (Lipinski definition) is 3. The number of nitrogens with zero attached hydrogens (tertiary/aromatic N) is 1. The Morgan fingerprint density at radius 2 is 1.80 bits per heavy atom. The highest BCUT2D eigenvalue weighted by Crippen LogP contribution is 2.44. The van der Waals surface area contributed by atoms with Crippen LogP contribution in [-0.4, -0.2) is 27.0 Å². The predicted octanol–water partition coefficient (Wildman–Crippen LogP) is 3.95. The molecule has 1 fully saturated rings. The van der Waals surface area contributed by atoms with Crippen LogP contribution in [0.2, 0.25) is 0 Å². The van der Waals surface area contributed by atoms with Crippen molar-refractivity contribution in [1.82, 2.24) is 9.97 Å². The minimum Gasteiger partial charge on any atom is -0.481 e. The number of hydrogen-bond acceptors (Lipinski definition) is 4. The largest absolute Gasteiger partial charge is 0.481 e. The molecule has 154 valence electrons. The minimum absolute atomic E-state index is 0.0153. The predicted molar refractivity (Wildman–Crippen MR) is 114 cm³/mol. The lowest BCUT2D eigenvalue weighted by molar-refractivity contribution is -0.140. The number of anilines is 1. The molecule has 0 saturated heterocycles. The number of aromatic nitrogens is 2. The SMILES string of the molecule is O=C(O)CC1(CC(=O)Nc2ccc3[nH]c(=O)nc(-c4ccccc4)c3c2)CCCC1. The van der Waals surface area contributed by atoms with Gasteiger partial charge in [0.05, 0.1) is 17.6 Å². The Labute approximate surface area is 173 Å². The number of carbonyl (C=O) groups is 2. The fraction of sp³-hybridized carbons (Fsp3) is 0.304. The van der Waals surface area contributed by atoms with Gasteiger partial charge in [-0.2, -0.15) is 4.98 Å². The zero-order valence-corrected chi connectivity index (χ0v) is 16.5. The van der Waals surface area contributed by atoms with E-state index in [-0.39, 0.29) is 18.7 Å². The topological polar surface area (TPSA) is 112 Å². The summed E-state index contributed by atoms with van der Waals surface area (Å²) in [5.74, 6) is -1.06. The summed E-state index contributed by atoms with van der Waals surface area (Å²) in [7, 11) is 0. The number of amides is 1. The summed E-state index contributed by atoms with van der Waals surface area (Å²) in [5, 5.41) is 12.9. The van der Waals surface area contributed by atoms with Gasteiger partial charge in [0.25, 0.3) is 0 Å². The molecule has 1 aromatic heterocycles. The number of carbonyl (C=O) groups excluding carboxylic acids is 1. The maximum Gasteiger partial charge on any atom is 0.345 e. The van der Waals surface area contributed by atoms with E-state index in [9.17, 15) is 19.5 Å². The van der Waals surface area contributed by atoms with E-state index in [0.29, 0.717) is 16.9 Å². The maximum absolute atomic E-state index is 12.7. The van der Waals surface area contributed by atoms with Crippen molar-refractivity contribution in [2.24, 2.45) is 5.41 Å². The second-order valence-electron chi connectivity index (χ2n) is 8.02. The van der Waals surface area contributed by atoms with Crippen molar-refractivity contribution >= 4 is 28.5 Å². The normalized spacial score (nSPS) is 15.2. The highest BCUT2D eigenvalue weighted by atomic mass is 16.4. The first-order valence-electron chi connectivity index (χ1n) is 10.1. The van der Waals surface area contributed by atoms with E-state index < -0.39 is 17.1 Å². The summed E-state index contributed by atoms with van der Waals surface area (Å²) >= 11 is 0. The van der Waals surface area contributed by atoms with Gasteiger partial charge in [-0.25, -0.2) is 4.79 Å². The zero-order valence-electron chi connectivity index (χ0n) is 16.5. The lowest BCUT2D eigenvalue weighted by atomic mass is 9.79. The zero-order chi connectivity index (χ0) is 21.1. The number of carboxylic acids is 1. The van der Waals surface area contributed by atoms with Crippen LogP contribution in [0, 0.1) is 5.41 Å². The van der Waals surface area contributed by atoms with Gasteiger partial charge >= 0.3 is 11.7 Å². The molecule has 30 heavy (non-hydrogen) atoms. The Balaban J connectivity index is 1.62. The summed E-state index contributed by atoms with van der Waals surface area (Å²) in [6.07, 6.45) is 3.63. The quantitative estimate of drug-likeness (QED) is 0.575. The van der Waals surface area contributed by atoms with Gasteiger partial charge in [-0.1, -0.05) is 43.2 Å². The average Bonchev–Trinajstić information content (AvgIpc) is 3.15. The van der Waals surface area contributed by atoms with Crippen molar-refractivity contribution in [3.63, 3.8) is 0 Å². The van der Waals surface area contributed by atoms with Gasteiger partial charge in [0.15, 0.2) is 0 Å². The third kappa shape index (κ3) is 4.25. The molecule has 1 aliphatic rings. The molecule has 0 atom stereocenters. The molecule has 0 spiro atoms. The molecule has 0 unspecified atom stereocenters. The molecular weight excluding hydrogens is 382 g/mol. The lowest BCUT2D eigenvalue weighted by Gasteiger charge is -2.26. The molecule has 0 radical (unpaired) electrons. The molecule has 1 heterocycles. The number of rotatable bonds is 6. The van der Waals surface area contributed by atoms with E-state index in [2.05, 4.69) is 15.3 Å². The number of aromatic amines is 1. The number of nitrogens with one attached hydrogen (secondary N) is 2. The van der Waals surface area contributed by atoms with Gasteiger partial charge in [0, 0.05) is 23.1 Å². The Hall–Kier alpha value is -3.48. The van der Waals surface area contributed by atoms with Crippen LogP contribution in [0.3, 0.4) is 0 Å². The highest BCUT2D eigenvalue weighted by molar-refractivity contribution is 5.98. The highest BCUT2D eigenvalue weighted by Gasteiger charge is 2.38.